The number of hydrogen-bond donors (Lipinski definition) is 1. The number of hydrogen-bond acceptors (Lipinski definition) is 5. The van der Waals surface area contributed by atoms with E-state index in [1.165, 1.54) is 36.4 Å². The van der Waals surface area contributed by atoms with E-state index in [0.717, 1.165) is 17.0 Å². The Hall–Kier alpha value is -3.88. The van der Waals surface area contributed by atoms with E-state index in [2.05, 4.69) is 4.72 Å². The van der Waals surface area contributed by atoms with Gasteiger partial charge in [0.05, 0.1) is 49.6 Å². The van der Waals surface area contributed by atoms with Gasteiger partial charge in [-0.1, -0.05) is 17.7 Å². The number of imide groups is 1. The molecule has 0 spiro atoms. The number of carbonyl (C=O) groups excluding carboxylic acids is 2. The number of anilines is 2. The van der Waals surface area contributed by atoms with E-state index in [1.807, 2.05) is 6.07 Å². The van der Waals surface area contributed by atoms with Crippen LogP contribution < -0.4 is 9.62 Å². The number of nitrogens with zero attached hydrogens (tertiary/aromatic N) is 2. The van der Waals surface area contributed by atoms with Gasteiger partial charge in [0, 0.05) is 0 Å². The van der Waals surface area contributed by atoms with Crippen molar-refractivity contribution in [3.63, 3.8) is 0 Å². The standard InChI is InChI=1S/C22H11ClF3N3O4S/c23-16-8-9-17(28-34(32,33)15-6-4-13(5-7-15)22(24,25)26)19-18(16)20(30)29(21(19)31)14-3-1-2-12(10-14)11-27/h1-10,28H. The number of benzene rings is 3. The third-order valence-electron chi connectivity index (χ3n) is 4.96. The highest BCUT2D eigenvalue weighted by molar-refractivity contribution is 7.92. The van der Waals surface area contributed by atoms with Gasteiger partial charge in [-0.25, -0.2) is 13.3 Å². The van der Waals surface area contributed by atoms with Crippen LogP contribution in [0.3, 0.4) is 0 Å². The van der Waals surface area contributed by atoms with E-state index < -0.39 is 38.5 Å². The lowest BCUT2D eigenvalue weighted by Crippen LogP contribution is -2.29. The van der Waals surface area contributed by atoms with Gasteiger partial charge in [-0.05, 0) is 54.6 Å². The van der Waals surface area contributed by atoms with E-state index in [4.69, 9.17) is 16.9 Å². The van der Waals surface area contributed by atoms with Crippen LogP contribution in [-0.4, -0.2) is 20.2 Å². The zero-order valence-electron chi connectivity index (χ0n) is 16.7. The molecule has 3 aromatic carbocycles. The molecule has 34 heavy (non-hydrogen) atoms. The van der Waals surface area contributed by atoms with Gasteiger partial charge in [0.1, 0.15) is 0 Å². The highest BCUT2D eigenvalue weighted by atomic mass is 35.5. The maximum Gasteiger partial charge on any atom is 0.416 e. The SMILES string of the molecule is N#Cc1cccc(N2C(=O)c3c(Cl)ccc(NS(=O)(=O)c4ccc(C(F)(F)F)cc4)c3C2=O)c1. The Balaban J connectivity index is 1.74. The first-order valence-electron chi connectivity index (χ1n) is 9.35. The first-order valence-corrected chi connectivity index (χ1v) is 11.2. The molecule has 1 heterocycles. The average molecular weight is 506 g/mol. The highest BCUT2D eigenvalue weighted by Crippen LogP contribution is 2.38. The third-order valence-corrected chi connectivity index (χ3v) is 6.65. The number of nitriles is 1. The van der Waals surface area contributed by atoms with Crippen molar-refractivity contribution in [2.75, 3.05) is 9.62 Å². The summed E-state index contributed by atoms with van der Waals surface area (Å²) in [6.45, 7) is 0. The van der Waals surface area contributed by atoms with Crippen molar-refractivity contribution in [2.24, 2.45) is 0 Å². The van der Waals surface area contributed by atoms with Crippen LogP contribution in [0.1, 0.15) is 31.8 Å². The maximum atomic E-state index is 13.2. The van der Waals surface area contributed by atoms with Crippen molar-refractivity contribution >= 4 is 44.8 Å². The van der Waals surface area contributed by atoms with Crippen molar-refractivity contribution in [1.82, 2.24) is 0 Å². The molecule has 0 fully saturated rings. The molecule has 3 aromatic rings. The van der Waals surface area contributed by atoms with Gasteiger partial charge in [0.25, 0.3) is 21.8 Å². The van der Waals surface area contributed by atoms with E-state index >= 15 is 0 Å². The first-order chi connectivity index (χ1) is 15.9. The molecule has 7 nitrogen and oxygen atoms in total. The Kier molecular flexibility index (Phi) is 5.59. The summed E-state index contributed by atoms with van der Waals surface area (Å²) in [6, 6.07) is 12.7. The molecule has 0 aliphatic carbocycles. The predicted molar refractivity (Wildman–Crippen MR) is 116 cm³/mol. The number of alkyl halides is 3. The van der Waals surface area contributed by atoms with Gasteiger partial charge in [0.2, 0.25) is 0 Å². The molecule has 1 aliphatic heterocycles. The lowest BCUT2D eigenvalue weighted by atomic mass is 10.1. The Labute approximate surface area is 196 Å². The summed E-state index contributed by atoms with van der Waals surface area (Å²) in [5.41, 5.74) is -1.62. The minimum absolute atomic E-state index is 0.0814. The van der Waals surface area contributed by atoms with Gasteiger partial charge in [0.15, 0.2) is 0 Å². The lowest BCUT2D eigenvalue weighted by Gasteiger charge is -2.14. The monoisotopic (exact) mass is 505 g/mol. The number of carbonyl (C=O) groups is 2. The Morgan fingerprint density at radius 2 is 1.59 bits per heavy atom. The van der Waals surface area contributed by atoms with Crippen molar-refractivity contribution in [3.8, 4) is 6.07 Å². The topological polar surface area (TPSA) is 107 Å². The van der Waals surface area contributed by atoms with Gasteiger partial charge in [-0.2, -0.15) is 18.4 Å². The van der Waals surface area contributed by atoms with Crippen molar-refractivity contribution < 1.29 is 31.2 Å². The van der Waals surface area contributed by atoms with E-state index in [0.29, 0.717) is 12.1 Å². The molecule has 4 rings (SSSR count). The molecule has 0 atom stereocenters. The second-order valence-corrected chi connectivity index (χ2v) is 9.17. The molecule has 12 heteroatoms. The molecule has 0 unspecified atom stereocenters. The third kappa shape index (κ3) is 3.98. The van der Waals surface area contributed by atoms with Crippen LogP contribution >= 0.6 is 11.6 Å². The average Bonchev–Trinajstić information content (AvgIpc) is 3.06. The molecular formula is C22H11ClF3N3O4S. The molecule has 0 saturated heterocycles. The summed E-state index contributed by atoms with van der Waals surface area (Å²) < 4.78 is 66.1. The molecule has 172 valence electrons. The van der Waals surface area contributed by atoms with Crippen LogP contribution in [0.2, 0.25) is 5.02 Å². The number of amides is 2. The fourth-order valence-electron chi connectivity index (χ4n) is 3.39. The fraction of sp³-hybridized carbons (Fsp3) is 0.0455. The second-order valence-electron chi connectivity index (χ2n) is 7.08. The van der Waals surface area contributed by atoms with Crippen LogP contribution in [0.15, 0.2) is 65.6 Å². The Bertz CT molecular complexity index is 1500. The van der Waals surface area contributed by atoms with Gasteiger partial charge in [-0.3, -0.25) is 14.3 Å². The van der Waals surface area contributed by atoms with E-state index in [9.17, 15) is 31.2 Å². The fourth-order valence-corrected chi connectivity index (χ4v) is 4.70. The van der Waals surface area contributed by atoms with Crippen LogP contribution in [0, 0.1) is 11.3 Å². The number of rotatable bonds is 4. The van der Waals surface area contributed by atoms with E-state index in [-0.39, 0.29) is 33.1 Å². The molecule has 0 radical (unpaired) electrons. The maximum absolute atomic E-state index is 13.2. The quantitative estimate of drug-likeness (QED) is 0.511. The summed E-state index contributed by atoms with van der Waals surface area (Å²) in [5.74, 6) is -1.71. The molecular weight excluding hydrogens is 495 g/mol. The van der Waals surface area contributed by atoms with Crippen molar-refractivity contribution in [2.45, 2.75) is 11.1 Å². The molecule has 1 aliphatic rings. The largest absolute Gasteiger partial charge is 0.416 e. The summed E-state index contributed by atoms with van der Waals surface area (Å²) in [5, 5.41) is 8.99. The van der Waals surface area contributed by atoms with Crippen molar-refractivity contribution in [3.05, 3.63) is 87.9 Å². The summed E-state index contributed by atoms with van der Waals surface area (Å²) in [4.78, 5) is 26.4. The van der Waals surface area contributed by atoms with Crippen molar-refractivity contribution in [1.29, 1.82) is 5.26 Å². The summed E-state index contributed by atoms with van der Waals surface area (Å²) in [7, 11) is -4.43. The number of sulfonamides is 1. The van der Waals surface area contributed by atoms with Gasteiger partial charge < -0.3 is 0 Å². The number of fused-ring (bicyclic) bond motifs is 1. The predicted octanol–water partition coefficient (Wildman–Crippen LogP) is 4.83. The molecule has 0 bridgehead atoms. The molecule has 0 aromatic heterocycles. The highest BCUT2D eigenvalue weighted by Gasteiger charge is 2.41. The normalized spacial score (nSPS) is 13.6. The molecule has 2 amide bonds. The first kappa shape index (κ1) is 23.3. The summed E-state index contributed by atoms with van der Waals surface area (Å²) in [6.07, 6.45) is -4.65. The molecule has 1 N–H and O–H groups in total. The number of nitrogens with one attached hydrogen (secondary N) is 1. The lowest BCUT2D eigenvalue weighted by molar-refractivity contribution is -0.137. The summed E-state index contributed by atoms with van der Waals surface area (Å²) >= 11 is 6.13. The smallest absolute Gasteiger partial charge is 0.279 e. The Morgan fingerprint density at radius 1 is 0.941 bits per heavy atom. The van der Waals surface area contributed by atoms with Gasteiger partial charge in [-0.15, -0.1) is 0 Å². The van der Waals surface area contributed by atoms with E-state index in [1.54, 1.807) is 0 Å². The van der Waals surface area contributed by atoms with Gasteiger partial charge >= 0.3 is 6.18 Å². The van der Waals surface area contributed by atoms with Crippen LogP contribution in [0.4, 0.5) is 24.5 Å². The zero-order valence-corrected chi connectivity index (χ0v) is 18.3. The number of halogens is 4. The zero-order chi connectivity index (χ0) is 24.8. The van der Waals surface area contributed by atoms with Crippen LogP contribution in [0.25, 0.3) is 0 Å². The van der Waals surface area contributed by atoms with Crippen LogP contribution in [-0.2, 0) is 16.2 Å². The molecule has 0 saturated carbocycles. The van der Waals surface area contributed by atoms with Crippen LogP contribution in [0.5, 0.6) is 0 Å². The Morgan fingerprint density at radius 3 is 2.21 bits per heavy atom. The minimum Gasteiger partial charge on any atom is -0.279 e. The minimum atomic E-state index is -4.65. The second kappa shape index (κ2) is 8.16.